The maximum Gasteiger partial charge on any atom is 0.269 e. The second-order valence-corrected chi connectivity index (χ2v) is 7.93. The van der Waals surface area contributed by atoms with Crippen LogP contribution in [0.2, 0.25) is 0 Å². The summed E-state index contributed by atoms with van der Waals surface area (Å²) in [6.45, 7) is 4.34. The zero-order valence-corrected chi connectivity index (χ0v) is 18.2. The largest absolute Gasteiger partial charge is 0.494 e. The minimum atomic E-state index is -0.151. The first-order valence-electron chi connectivity index (χ1n) is 11.0. The number of rotatable bonds is 7. The maximum atomic E-state index is 12.8. The van der Waals surface area contributed by atoms with Gasteiger partial charge in [0.05, 0.1) is 31.0 Å². The van der Waals surface area contributed by atoms with Crippen molar-refractivity contribution in [2.45, 2.75) is 26.3 Å². The SMILES string of the molecule is CCOc1ccc(NC(=O)[C@H]2CCCN(c3cnn(Cc4ccccc4)c(=O)c3)C2)cc1. The minimum Gasteiger partial charge on any atom is -0.494 e. The zero-order chi connectivity index (χ0) is 22.3. The van der Waals surface area contributed by atoms with Gasteiger partial charge in [0.1, 0.15) is 5.75 Å². The lowest BCUT2D eigenvalue weighted by atomic mass is 9.96. The van der Waals surface area contributed by atoms with Gasteiger partial charge in [-0.25, -0.2) is 4.68 Å². The molecule has 166 valence electrons. The molecule has 32 heavy (non-hydrogen) atoms. The molecule has 7 heteroatoms. The monoisotopic (exact) mass is 432 g/mol. The highest BCUT2D eigenvalue weighted by Crippen LogP contribution is 2.24. The van der Waals surface area contributed by atoms with E-state index in [0.29, 0.717) is 19.7 Å². The number of anilines is 2. The molecule has 2 heterocycles. The molecule has 0 saturated carbocycles. The van der Waals surface area contributed by atoms with Crippen LogP contribution in [0.4, 0.5) is 11.4 Å². The number of amides is 1. The zero-order valence-electron chi connectivity index (χ0n) is 18.2. The maximum absolute atomic E-state index is 12.8. The summed E-state index contributed by atoms with van der Waals surface area (Å²) in [7, 11) is 0. The quantitative estimate of drug-likeness (QED) is 0.618. The van der Waals surface area contributed by atoms with Gasteiger partial charge < -0.3 is 15.0 Å². The second-order valence-electron chi connectivity index (χ2n) is 7.93. The van der Waals surface area contributed by atoms with Crippen LogP contribution < -0.4 is 20.5 Å². The first-order valence-corrected chi connectivity index (χ1v) is 11.0. The van der Waals surface area contributed by atoms with E-state index < -0.39 is 0 Å². The Bertz CT molecular complexity index is 1100. The summed E-state index contributed by atoms with van der Waals surface area (Å²) in [5.74, 6) is 0.621. The van der Waals surface area contributed by atoms with Crippen LogP contribution in [0, 0.1) is 5.92 Å². The summed E-state index contributed by atoms with van der Waals surface area (Å²) in [6.07, 6.45) is 3.42. The number of aromatic nitrogens is 2. The molecule has 1 amide bonds. The predicted molar refractivity (Wildman–Crippen MR) is 125 cm³/mol. The van der Waals surface area contributed by atoms with Gasteiger partial charge in [0.25, 0.3) is 5.56 Å². The molecule has 0 unspecified atom stereocenters. The number of nitrogens with one attached hydrogen (secondary N) is 1. The van der Waals surface area contributed by atoms with E-state index in [4.69, 9.17) is 4.74 Å². The molecule has 1 aromatic heterocycles. The lowest BCUT2D eigenvalue weighted by molar-refractivity contribution is -0.120. The van der Waals surface area contributed by atoms with E-state index in [1.54, 1.807) is 12.3 Å². The normalized spacial score (nSPS) is 15.9. The lowest BCUT2D eigenvalue weighted by Gasteiger charge is -2.33. The molecule has 0 radical (unpaired) electrons. The van der Waals surface area contributed by atoms with Crippen LogP contribution in [0.1, 0.15) is 25.3 Å². The summed E-state index contributed by atoms with van der Waals surface area (Å²) in [5, 5.41) is 7.36. The van der Waals surface area contributed by atoms with Gasteiger partial charge in [0, 0.05) is 24.8 Å². The van der Waals surface area contributed by atoms with E-state index in [0.717, 1.165) is 42.1 Å². The molecular formula is C25H28N4O3. The molecule has 1 atom stereocenters. The van der Waals surface area contributed by atoms with Crippen molar-refractivity contribution in [3.05, 3.63) is 82.8 Å². The van der Waals surface area contributed by atoms with Gasteiger partial charge in [-0.3, -0.25) is 9.59 Å². The smallest absolute Gasteiger partial charge is 0.269 e. The molecule has 1 aliphatic rings. The Labute approximate surface area is 187 Å². The molecule has 1 N–H and O–H groups in total. The summed E-state index contributed by atoms with van der Waals surface area (Å²) in [4.78, 5) is 27.5. The third-order valence-electron chi connectivity index (χ3n) is 5.62. The van der Waals surface area contributed by atoms with Crippen LogP contribution >= 0.6 is 0 Å². The summed E-state index contributed by atoms with van der Waals surface area (Å²) < 4.78 is 6.90. The molecule has 1 saturated heterocycles. The van der Waals surface area contributed by atoms with Crippen molar-refractivity contribution in [1.29, 1.82) is 0 Å². The van der Waals surface area contributed by atoms with E-state index in [2.05, 4.69) is 15.3 Å². The summed E-state index contributed by atoms with van der Waals surface area (Å²) in [5.41, 5.74) is 2.39. The van der Waals surface area contributed by atoms with Crippen molar-refractivity contribution in [3.8, 4) is 5.75 Å². The van der Waals surface area contributed by atoms with Crippen molar-refractivity contribution in [1.82, 2.24) is 9.78 Å². The molecule has 2 aromatic carbocycles. The van der Waals surface area contributed by atoms with E-state index in [-0.39, 0.29) is 17.4 Å². The fourth-order valence-corrected chi connectivity index (χ4v) is 3.94. The highest BCUT2D eigenvalue weighted by molar-refractivity contribution is 5.93. The van der Waals surface area contributed by atoms with Crippen molar-refractivity contribution >= 4 is 17.3 Å². The van der Waals surface area contributed by atoms with Crippen LogP contribution in [0.5, 0.6) is 5.75 Å². The second kappa shape index (κ2) is 10.1. The third-order valence-corrected chi connectivity index (χ3v) is 5.62. The number of carbonyl (C=O) groups excluding carboxylic acids is 1. The van der Waals surface area contributed by atoms with Gasteiger partial charge in [-0.15, -0.1) is 0 Å². The Hall–Kier alpha value is -3.61. The minimum absolute atomic E-state index is 0.00996. The first-order chi connectivity index (χ1) is 15.6. The van der Waals surface area contributed by atoms with Crippen molar-refractivity contribution < 1.29 is 9.53 Å². The first kappa shape index (κ1) is 21.6. The molecule has 0 spiro atoms. The van der Waals surface area contributed by atoms with Crippen LogP contribution in [0.3, 0.4) is 0 Å². The predicted octanol–water partition coefficient (Wildman–Crippen LogP) is 3.55. The number of hydrogen-bond acceptors (Lipinski definition) is 5. The topological polar surface area (TPSA) is 76.5 Å². The Kier molecular flexibility index (Phi) is 6.84. The van der Waals surface area contributed by atoms with Gasteiger partial charge in [-0.05, 0) is 49.6 Å². The van der Waals surface area contributed by atoms with Gasteiger partial charge in [-0.2, -0.15) is 5.10 Å². The lowest BCUT2D eigenvalue weighted by Crippen LogP contribution is -2.41. The molecule has 0 bridgehead atoms. The van der Waals surface area contributed by atoms with Crippen LogP contribution in [-0.2, 0) is 11.3 Å². The van der Waals surface area contributed by atoms with Crippen LogP contribution in [-0.4, -0.2) is 35.4 Å². The molecule has 1 aliphatic heterocycles. The van der Waals surface area contributed by atoms with E-state index in [1.807, 2.05) is 61.5 Å². The number of carbonyl (C=O) groups is 1. The summed E-state index contributed by atoms with van der Waals surface area (Å²) in [6, 6.07) is 18.8. The molecule has 1 fully saturated rings. The molecule has 4 rings (SSSR count). The standard InChI is InChI=1S/C25H28N4O3/c1-2-32-23-12-10-21(11-13-23)27-25(31)20-9-6-14-28(18-20)22-15-24(30)29(26-16-22)17-19-7-4-3-5-8-19/h3-5,7-8,10-13,15-16,20H,2,6,9,14,17-18H2,1H3,(H,27,31)/t20-/m0/s1. The van der Waals surface area contributed by atoms with Gasteiger partial charge in [0.15, 0.2) is 0 Å². The molecular weight excluding hydrogens is 404 g/mol. The number of hydrogen-bond donors (Lipinski definition) is 1. The van der Waals surface area contributed by atoms with Crippen molar-refractivity contribution in [3.63, 3.8) is 0 Å². The Balaban J connectivity index is 1.39. The van der Waals surface area contributed by atoms with E-state index >= 15 is 0 Å². The van der Waals surface area contributed by atoms with Crippen LogP contribution in [0.25, 0.3) is 0 Å². The summed E-state index contributed by atoms with van der Waals surface area (Å²) >= 11 is 0. The average Bonchev–Trinajstić information content (AvgIpc) is 2.82. The number of piperidine rings is 1. The van der Waals surface area contributed by atoms with Crippen molar-refractivity contribution in [2.24, 2.45) is 5.92 Å². The molecule has 0 aliphatic carbocycles. The fraction of sp³-hybridized carbons (Fsp3) is 0.320. The Morgan fingerprint density at radius 1 is 1.16 bits per heavy atom. The van der Waals surface area contributed by atoms with Crippen molar-refractivity contribution in [2.75, 3.05) is 29.9 Å². The van der Waals surface area contributed by atoms with Gasteiger partial charge in [0.2, 0.25) is 5.91 Å². The highest BCUT2D eigenvalue weighted by Gasteiger charge is 2.26. The van der Waals surface area contributed by atoms with Gasteiger partial charge >= 0.3 is 0 Å². The molecule has 7 nitrogen and oxygen atoms in total. The van der Waals surface area contributed by atoms with Crippen LogP contribution in [0.15, 0.2) is 71.7 Å². The number of ether oxygens (including phenoxy) is 1. The fourth-order valence-electron chi connectivity index (χ4n) is 3.94. The Morgan fingerprint density at radius 2 is 1.94 bits per heavy atom. The van der Waals surface area contributed by atoms with Gasteiger partial charge in [-0.1, -0.05) is 30.3 Å². The highest BCUT2D eigenvalue weighted by atomic mass is 16.5. The number of benzene rings is 2. The average molecular weight is 433 g/mol. The Morgan fingerprint density at radius 3 is 2.66 bits per heavy atom. The molecule has 3 aromatic rings. The number of nitrogens with zero attached hydrogens (tertiary/aromatic N) is 3. The van der Waals surface area contributed by atoms with E-state index in [1.165, 1.54) is 4.68 Å². The van der Waals surface area contributed by atoms with E-state index in [9.17, 15) is 9.59 Å². The third kappa shape index (κ3) is 5.35.